The van der Waals surface area contributed by atoms with Crippen LogP contribution in [0.15, 0.2) is 30.5 Å². The zero-order chi connectivity index (χ0) is 15.7. The molecule has 0 saturated carbocycles. The molecule has 112 valence electrons. The van der Waals surface area contributed by atoms with E-state index in [1.165, 1.54) is 6.20 Å². The summed E-state index contributed by atoms with van der Waals surface area (Å²) >= 11 is 0. The minimum Gasteiger partial charge on any atom is -0.368 e. The van der Waals surface area contributed by atoms with Gasteiger partial charge in [0.2, 0.25) is 0 Å². The molecule has 2 heterocycles. The van der Waals surface area contributed by atoms with E-state index in [4.69, 9.17) is 6.92 Å². The number of nitrogens with zero attached hydrogens (tertiary/aromatic N) is 1. The van der Waals surface area contributed by atoms with Crippen molar-refractivity contribution in [1.82, 2.24) is 9.97 Å². The maximum Gasteiger partial charge on any atom is 0.151 e. The van der Waals surface area contributed by atoms with Gasteiger partial charge in [-0.15, -0.1) is 0 Å². The molecule has 3 nitrogen and oxygen atoms in total. The number of pyridine rings is 1. The summed E-state index contributed by atoms with van der Waals surface area (Å²) < 4.78 is 14.0. The van der Waals surface area contributed by atoms with Crippen LogP contribution in [0, 0.1) is 26.6 Å². The van der Waals surface area contributed by atoms with Crippen LogP contribution in [-0.2, 0) is 6.42 Å². The number of hydrogen-bond donors (Lipinski definition) is 2. The van der Waals surface area contributed by atoms with Crippen LogP contribution in [0.3, 0.4) is 0 Å². The monoisotopic (exact) mass is 295 g/mol. The minimum atomic E-state index is -0.297. The second kappa shape index (κ2) is 5.79. The fraction of sp³-hybridized carbons (Fsp3) is 0.222. The first-order chi connectivity index (χ1) is 10.6. The summed E-state index contributed by atoms with van der Waals surface area (Å²) in [6.45, 7) is 10.5. The van der Waals surface area contributed by atoms with Crippen molar-refractivity contribution in [3.05, 3.63) is 65.6 Å². The Morgan fingerprint density at radius 2 is 2.05 bits per heavy atom. The largest absolute Gasteiger partial charge is 0.368 e. The van der Waals surface area contributed by atoms with Crippen LogP contribution in [0.1, 0.15) is 22.4 Å². The van der Waals surface area contributed by atoms with Gasteiger partial charge in [-0.3, -0.25) is 0 Å². The van der Waals surface area contributed by atoms with Crippen molar-refractivity contribution in [3.63, 3.8) is 0 Å². The second-order valence-electron chi connectivity index (χ2n) is 5.46. The third-order valence-electron chi connectivity index (χ3n) is 4.02. The van der Waals surface area contributed by atoms with E-state index in [9.17, 15) is 4.39 Å². The number of aromatic amines is 1. The molecule has 0 spiro atoms. The van der Waals surface area contributed by atoms with E-state index < -0.39 is 0 Å². The molecule has 0 saturated heterocycles. The van der Waals surface area contributed by atoms with E-state index in [0.717, 1.165) is 34.3 Å². The first-order valence-corrected chi connectivity index (χ1v) is 7.28. The number of hydrogen-bond acceptors (Lipinski definition) is 2. The molecule has 0 atom stereocenters. The summed E-state index contributed by atoms with van der Waals surface area (Å²) in [5.74, 6) is 0.372. The van der Waals surface area contributed by atoms with Crippen LogP contribution < -0.4 is 5.32 Å². The number of H-pyrrole nitrogens is 1. The lowest BCUT2D eigenvalue weighted by Gasteiger charge is -2.09. The Balaban J connectivity index is 1.82. The maximum absolute atomic E-state index is 14.0. The van der Waals surface area contributed by atoms with Crippen molar-refractivity contribution in [2.24, 2.45) is 0 Å². The van der Waals surface area contributed by atoms with E-state index >= 15 is 0 Å². The van der Waals surface area contributed by atoms with Gasteiger partial charge < -0.3 is 10.3 Å². The molecule has 0 aliphatic heterocycles. The highest BCUT2D eigenvalue weighted by Crippen LogP contribution is 2.28. The van der Waals surface area contributed by atoms with Crippen molar-refractivity contribution in [2.75, 3.05) is 11.9 Å². The molecule has 0 amide bonds. The fourth-order valence-corrected chi connectivity index (χ4v) is 2.66. The number of anilines is 1. The van der Waals surface area contributed by atoms with Gasteiger partial charge in [0.15, 0.2) is 11.6 Å². The lowest BCUT2D eigenvalue weighted by Crippen LogP contribution is -2.08. The summed E-state index contributed by atoms with van der Waals surface area (Å²) in [7, 11) is 0. The van der Waals surface area contributed by atoms with Crippen LogP contribution in [0.4, 0.5) is 10.2 Å². The fourth-order valence-electron chi connectivity index (χ4n) is 2.66. The molecule has 2 radical (unpaired) electrons. The highest BCUT2D eigenvalue weighted by atomic mass is 19.1. The molecular formula is C18H18FN3. The number of halogens is 1. The minimum absolute atomic E-state index is 0.297. The Kier molecular flexibility index (Phi) is 3.84. The maximum atomic E-state index is 14.0. The molecule has 0 unspecified atom stereocenters. The van der Waals surface area contributed by atoms with E-state index in [-0.39, 0.29) is 5.82 Å². The smallest absolute Gasteiger partial charge is 0.151 e. The van der Waals surface area contributed by atoms with Crippen molar-refractivity contribution in [2.45, 2.75) is 20.3 Å². The molecular weight excluding hydrogens is 277 g/mol. The molecule has 3 aromatic rings. The van der Waals surface area contributed by atoms with E-state index in [2.05, 4.69) is 15.3 Å². The quantitative estimate of drug-likeness (QED) is 0.763. The third kappa shape index (κ3) is 2.56. The highest BCUT2D eigenvalue weighted by molar-refractivity contribution is 5.92. The molecule has 3 rings (SSSR count). The van der Waals surface area contributed by atoms with E-state index in [0.29, 0.717) is 17.7 Å². The number of aromatic nitrogens is 2. The van der Waals surface area contributed by atoms with E-state index in [1.807, 2.05) is 38.1 Å². The molecule has 4 heteroatoms. The first-order valence-electron chi connectivity index (χ1n) is 7.28. The zero-order valence-electron chi connectivity index (χ0n) is 12.7. The summed E-state index contributed by atoms with van der Waals surface area (Å²) in [5.41, 5.74) is 4.47. The lowest BCUT2D eigenvalue weighted by atomic mass is 10.1. The standard InChI is InChI=1S/C18H18FN3/c1-11-6-4-5-7-14(11)8-9-20-18-17-16(15(19)10-21-18)12(2)13(3)22-17/h1,4-7,10,22H,8-9H2,2-3H3,(H,20,21). The van der Waals surface area contributed by atoms with Gasteiger partial charge in [-0.25, -0.2) is 9.37 Å². The molecule has 0 aliphatic carbocycles. The molecule has 2 aromatic heterocycles. The van der Waals surface area contributed by atoms with Crippen LogP contribution in [0.25, 0.3) is 10.9 Å². The van der Waals surface area contributed by atoms with Gasteiger partial charge in [-0.2, -0.15) is 0 Å². The predicted octanol–water partition coefficient (Wildman–Crippen LogP) is 4.03. The van der Waals surface area contributed by atoms with Gasteiger partial charge in [0.05, 0.1) is 11.7 Å². The predicted molar refractivity (Wildman–Crippen MR) is 87.6 cm³/mol. The molecule has 1 aromatic carbocycles. The second-order valence-corrected chi connectivity index (χ2v) is 5.46. The normalized spacial score (nSPS) is 11.1. The van der Waals surface area contributed by atoms with Crippen molar-refractivity contribution in [3.8, 4) is 0 Å². The van der Waals surface area contributed by atoms with Crippen molar-refractivity contribution < 1.29 is 4.39 Å². The zero-order valence-corrected chi connectivity index (χ0v) is 12.7. The van der Waals surface area contributed by atoms with Gasteiger partial charge >= 0.3 is 0 Å². The number of benzene rings is 1. The summed E-state index contributed by atoms with van der Waals surface area (Å²) in [6, 6.07) is 7.79. The number of aryl methyl sites for hydroxylation is 2. The SMILES string of the molecule is [CH]c1ccccc1CCNc1ncc(F)c2c(C)c(C)[nH]c12. The van der Waals surface area contributed by atoms with Crippen LogP contribution >= 0.6 is 0 Å². The Bertz CT molecular complexity index is 821. The first kappa shape index (κ1) is 14.6. The van der Waals surface area contributed by atoms with Crippen molar-refractivity contribution in [1.29, 1.82) is 0 Å². The summed E-state index contributed by atoms with van der Waals surface area (Å²) in [6.07, 6.45) is 2.05. The van der Waals surface area contributed by atoms with Crippen molar-refractivity contribution >= 4 is 16.7 Å². The third-order valence-corrected chi connectivity index (χ3v) is 4.02. The molecule has 0 bridgehead atoms. The molecule has 2 N–H and O–H groups in total. The lowest BCUT2D eigenvalue weighted by molar-refractivity contribution is 0.634. The van der Waals surface area contributed by atoms with Gasteiger partial charge in [0, 0.05) is 17.6 Å². The van der Waals surface area contributed by atoms with Gasteiger partial charge in [-0.05, 0) is 43.9 Å². The topological polar surface area (TPSA) is 40.7 Å². The molecule has 22 heavy (non-hydrogen) atoms. The number of fused-ring (bicyclic) bond motifs is 1. The summed E-state index contributed by atoms with van der Waals surface area (Å²) in [4.78, 5) is 7.37. The number of rotatable bonds is 4. The van der Waals surface area contributed by atoms with Gasteiger partial charge in [0.1, 0.15) is 0 Å². The Hall–Kier alpha value is -2.36. The van der Waals surface area contributed by atoms with Crippen LogP contribution in [0.5, 0.6) is 0 Å². The van der Waals surface area contributed by atoms with Crippen LogP contribution in [-0.4, -0.2) is 16.5 Å². The molecule has 0 aliphatic rings. The highest BCUT2D eigenvalue weighted by Gasteiger charge is 2.13. The van der Waals surface area contributed by atoms with Gasteiger partial charge in [-0.1, -0.05) is 24.3 Å². The number of nitrogens with one attached hydrogen (secondary N) is 2. The van der Waals surface area contributed by atoms with Gasteiger partial charge in [0.25, 0.3) is 0 Å². The summed E-state index contributed by atoms with van der Waals surface area (Å²) in [5, 5.41) is 3.87. The average molecular weight is 295 g/mol. The van der Waals surface area contributed by atoms with E-state index in [1.54, 1.807) is 0 Å². The molecule has 0 fully saturated rings. The Labute approximate surface area is 129 Å². The van der Waals surface area contributed by atoms with Crippen LogP contribution in [0.2, 0.25) is 0 Å². The Morgan fingerprint density at radius 1 is 1.27 bits per heavy atom. The average Bonchev–Trinajstić information content (AvgIpc) is 2.80. The Morgan fingerprint density at radius 3 is 2.82 bits per heavy atom.